The molecule has 10 nitrogen and oxygen atoms in total. The van der Waals surface area contributed by atoms with Crippen LogP contribution in [0.15, 0.2) is 51.6 Å². The second-order valence-corrected chi connectivity index (χ2v) is 21.9. The summed E-state index contributed by atoms with van der Waals surface area (Å²) in [6.45, 7) is 16.4. The van der Waals surface area contributed by atoms with Crippen LogP contribution >= 0.6 is 15.9 Å². The minimum absolute atomic E-state index is 0.0415. The van der Waals surface area contributed by atoms with E-state index in [0.29, 0.717) is 10.3 Å². The fourth-order valence-corrected chi connectivity index (χ4v) is 7.37. The van der Waals surface area contributed by atoms with Crippen molar-refractivity contribution >= 4 is 53.2 Å². The van der Waals surface area contributed by atoms with E-state index in [9.17, 15) is 23.4 Å². The van der Waals surface area contributed by atoms with Gasteiger partial charge in [0, 0.05) is 40.0 Å². The largest absolute Gasteiger partial charge is 0.591 e. The first-order chi connectivity index (χ1) is 22.4. The van der Waals surface area contributed by atoms with Gasteiger partial charge in [-0.3, -0.25) is 10.1 Å². The van der Waals surface area contributed by atoms with Crippen molar-refractivity contribution in [1.82, 2.24) is 9.97 Å². The predicted octanol–water partition coefficient (Wildman–Crippen LogP) is 9.89. The summed E-state index contributed by atoms with van der Waals surface area (Å²) in [5.41, 5.74) is -1.20. The molecule has 2 unspecified atom stereocenters. The molecule has 49 heavy (non-hydrogen) atoms. The van der Waals surface area contributed by atoms with Crippen molar-refractivity contribution in [1.29, 1.82) is 0 Å². The number of alkyl halides is 2. The highest BCUT2D eigenvalue weighted by Gasteiger charge is 2.43. The zero-order chi connectivity index (χ0) is 37.1. The van der Waals surface area contributed by atoms with Gasteiger partial charge in [-0.15, -0.1) is 0 Å². The number of anilines is 1. The van der Waals surface area contributed by atoms with Crippen molar-refractivity contribution in [2.75, 3.05) is 5.32 Å². The van der Waals surface area contributed by atoms with Gasteiger partial charge in [0.1, 0.15) is 39.0 Å². The number of nitro groups is 1. The minimum Gasteiger partial charge on any atom is -0.591 e. The molecular weight excluding hydrogens is 743 g/mol. The number of hydrogen-bond donors (Lipinski definition) is 1. The summed E-state index contributed by atoms with van der Waals surface area (Å²) in [5.74, 6) is -0.718. The third-order valence-electron chi connectivity index (χ3n) is 8.04. The Labute approximate surface area is 298 Å². The number of nitrogens with one attached hydrogen (secondary N) is 1. The monoisotopic (exact) mass is 785 g/mol. The first-order valence-electron chi connectivity index (χ1n) is 15.4. The molecule has 0 saturated carbocycles. The van der Waals surface area contributed by atoms with E-state index in [1.807, 2.05) is 13.8 Å². The lowest BCUT2D eigenvalue weighted by atomic mass is 10.0. The van der Waals surface area contributed by atoms with E-state index in [0.717, 1.165) is 6.07 Å². The molecule has 268 valence electrons. The lowest BCUT2D eigenvalue weighted by Crippen LogP contribution is -2.46. The van der Waals surface area contributed by atoms with Crippen LogP contribution in [0.2, 0.25) is 18.1 Å². The molecule has 0 amide bonds. The van der Waals surface area contributed by atoms with Gasteiger partial charge >= 0.3 is 6.61 Å². The van der Waals surface area contributed by atoms with Crippen molar-refractivity contribution in [3.8, 4) is 16.9 Å². The quantitative estimate of drug-likeness (QED) is 0.0595. The third-order valence-corrected chi connectivity index (χ3v) is 14.8. The number of nitrogens with zero attached hydrogens (tertiary/aromatic N) is 4. The molecule has 2 atom stereocenters. The highest BCUT2D eigenvalue weighted by molar-refractivity contribution is 9.10. The maximum atomic E-state index is 15.5. The Morgan fingerprint density at radius 2 is 1.71 bits per heavy atom. The lowest BCUT2D eigenvalue weighted by molar-refractivity contribution is -0.384. The van der Waals surface area contributed by atoms with E-state index in [1.54, 1.807) is 26.8 Å². The Morgan fingerprint density at radius 1 is 1.10 bits per heavy atom. The molecule has 16 heteroatoms. The fraction of sp³-hybridized carbons (Fsp3) is 0.485. The van der Waals surface area contributed by atoms with Crippen LogP contribution in [0.1, 0.15) is 79.2 Å². The molecular formula is C33H43BrF3N5O5SSi. The Hall–Kier alpha value is -3.05. The molecule has 3 aromatic rings. The molecule has 2 aromatic carbocycles. The minimum atomic E-state index is -3.16. The average molecular weight is 787 g/mol. The van der Waals surface area contributed by atoms with Crippen molar-refractivity contribution in [3.05, 3.63) is 74.5 Å². The van der Waals surface area contributed by atoms with E-state index in [2.05, 4.69) is 69.5 Å². The van der Waals surface area contributed by atoms with Gasteiger partial charge in [0.25, 0.3) is 5.69 Å². The lowest BCUT2D eigenvalue weighted by Gasteiger charge is -2.42. The Bertz CT molecular complexity index is 1670. The molecule has 0 aliphatic heterocycles. The number of hydrogen-bond acceptors (Lipinski definition) is 9. The molecule has 0 saturated heterocycles. The van der Waals surface area contributed by atoms with Crippen molar-refractivity contribution in [2.24, 2.45) is 4.40 Å². The van der Waals surface area contributed by atoms with E-state index in [4.69, 9.17) is 9.16 Å². The van der Waals surface area contributed by atoms with Crippen LogP contribution in [0, 0.1) is 15.9 Å². The summed E-state index contributed by atoms with van der Waals surface area (Å²) in [7, 11) is -2.21. The van der Waals surface area contributed by atoms with Crippen molar-refractivity contribution in [3.63, 3.8) is 0 Å². The zero-order valence-corrected chi connectivity index (χ0v) is 32.6. The van der Waals surface area contributed by atoms with Gasteiger partial charge in [-0.25, -0.2) is 14.4 Å². The number of ether oxygens (including phenoxy) is 1. The van der Waals surface area contributed by atoms with Crippen LogP contribution in [0.4, 0.5) is 24.5 Å². The molecule has 3 rings (SSSR count). The summed E-state index contributed by atoms with van der Waals surface area (Å²) < 4.78 is 70.1. The number of halogens is 4. The van der Waals surface area contributed by atoms with E-state index >= 15 is 4.39 Å². The molecule has 1 N–H and O–H groups in total. The summed E-state index contributed by atoms with van der Waals surface area (Å²) in [4.78, 5) is 20.3. The highest BCUT2D eigenvalue weighted by atomic mass is 79.9. The highest BCUT2D eigenvalue weighted by Crippen LogP contribution is 2.42. The maximum Gasteiger partial charge on any atom is 0.387 e. The number of nitro benzene ring substituents is 1. The van der Waals surface area contributed by atoms with Gasteiger partial charge in [-0.2, -0.15) is 8.78 Å². The normalized spacial score (nSPS) is 14.3. The molecule has 0 radical (unpaired) electrons. The van der Waals surface area contributed by atoms with Gasteiger partial charge in [0.2, 0.25) is 0 Å². The van der Waals surface area contributed by atoms with Crippen molar-refractivity contribution < 1.29 is 31.8 Å². The van der Waals surface area contributed by atoms with Crippen LogP contribution in [0.25, 0.3) is 11.1 Å². The maximum absolute atomic E-state index is 15.5. The van der Waals surface area contributed by atoms with Crippen LogP contribution in [0.5, 0.6) is 5.75 Å². The second-order valence-electron chi connectivity index (χ2n) is 14.4. The second kappa shape index (κ2) is 15.5. The van der Waals surface area contributed by atoms with Gasteiger partial charge in [0.05, 0.1) is 23.2 Å². The Balaban J connectivity index is 2.11. The molecule has 1 aromatic heterocycles. The molecule has 0 bridgehead atoms. The van der Waals surface area contributed by atoms with Crippen LogP contribution in [0.3, 0.4) is 0 Å². The molecule has 1 heterocycles. The molecule has 0 spiro atoms. The summed E-state index contributed by atoms with van der Waals surface area (Å²) in [6, 6.07) is 5.43. The predicted molar refractivity (Wildman–Crippen MR) is 194 cm³/mol. The SMILES string of the molecule is CC(C)(O[Si](C)(C)C(C)(C)C)c1ncc(-c2cc(NC(CC=N[S+]([O-])C(C)(C)C)c3c(Br)cccc3OC(F)F)c([N+](=O)[O-])cc2F)cn1. The van der Waals surface area contributed by atoms with E-state index in [-0.39, 0.29) is 39.6 Å². The number of aromatic nitrogens is 2. The molecule has 0 fully saturated rings. The first kappa shape index (κ1) is 40.4. The molecule has 0 aliphatic rings. The van der Waals surface area contributed by atoms with Crippen LogP contribution in [-0.2, 0) is 21.4 Å². The Kier molecular flexibility index (Phi) is 12.7. The fourth-order valence-electron chi connectivity index (χ4n) is 4.53. The van der Waals surface area contributed by atoms with Crippen molar-refractivity contribution in [2.45, 2.75) is 103 Å². The van der Waals surface area contributed by atoms with Gasteiger partial charge < -0.3 is 19.0 Å². The Morgan fingerprint density at radius 3 is 2.24 bits per heavy atom. The zero-order valence-electron chi connectivity index (χ0n) is 29.2. The standard InChI is InChI=1S/C33H43BrF3N5O5SSi/c1-31(2,3)48(45)40-15-14-24(28-22(34)12-11-13-27(28)46-30(36)37)41-25-16-21(23(35)17-26(25)42(43)44)20-18-38-29(39-19-20)33(7,8)47-49(9,10)32(4,5)6/h11-13,15-19,24,30,41H,14H2,1-10H3. The van der Waals surface area contributed by atoms with Gasteiger partial charge in [-0.1, -0.05) is 47.2 Å². The van der Waals surface area contributed by atoms with Gasteiger partial charge in [-0.05, 0) is 71.0 Å². The summed E-state index contributed by atoms with van der Waals surface area (Å²) in [5, 5.41) is 15.1. The summed E-state index contributed by atoms with van der Waals surface area (Å²) >= 11 is 1.74. The van der Waals surface area contributed by atoms with E-state index < -0.39 is 59.1 Å². The smallest absolute Gasteiger partial charge is 0.387 e. The summed E-state index contributed by atoms with van der Waals surface area (Å²) in [6.07, 6.45) is 4.12. The van der Waals surface area contributed by atoms with Gasteiger partial charge in [0.15, 0.2) is 14.1 Å². The van der Waals surface area contributed by atoms with Crippen LogP contribution < -0.4 is 10.1 Å². The number of benzene rings is 2. The molecule has 0 aliphatic carbocycles. The number of rotatable bonds is 13. The first-order valence-corrected chi connectivity index (χ1v) is 20.2. The average Bonchev–Trinajstić information content (AvgIpc) is 2.95. The van der Waals surface area contributed by atoms with Crippen LogP contribution in [-0.4, -0.2) is 45.3 Å². The van der Waals surface area contributed by atoms with E-state index in [1.165, 1.54) is 36.8 Å². The third kappa shape index (κ3) is 10.2. The topological polar surface area (TPSA) is 135 Å².